The summed E-state index contributed by atoms with van der Waals surface area (Å²) in [6, 6.07) is 6.53. The second-order valence-electron chi connectivity index (χ2n) is 6.15. The van der Waals surface area contributed by atoms with Crippen LogP contribution in [0.15, 0.2) is 39.9 Å². The molecule has 136 valence electrons. The summed E-state index contributed by atoms with van der Waals surface area (Å²) in [7, 11) is 0. The third-order valence-electron chi connectivity index (χ3n) is 4.25. The minimum absolute atomic E-state index is 0. The smallest absolute Gasteiger partial charge is 0.226 e. The summed E-state index contributed by atoms with van der Waals surface area (Å²) in [6.45, 7) is 0.556. The Labute approximate surface area is 164 Å². The SMILES string of the molecule is I.NC(=NCCc1coc(-c2ccc(F)cc2)n1)NC1CCCCC1. The van der Waals surface area contributed by atoms with E-state index < -0.39 is 0 Å². The molecule has 1 heterocycles. The van der Waals surface area contributed by atoms with Crippen LogP contribution in [0.3, 0.4) is 0 Å². The van der Waals surface area contributed by atoms with Crippen molar-refractivity contribution >= 4 is 29.9 Å². The zero-order chi connectivity index (χ0) is 16.8. The number of rotatable bonds is 5. The minimum Gasteiger partial charge on any atom is -0.444 e. The highest BCUT2D eigenvalue weighted by Crippen LogP contribution is 2.19. The first-order chi connectivity index (χ1) is 11.7. The first-order valence-corrected chi connectivity index (χ1v) is 8.47. The van der Waals surface area contributed by atoms with Gasteiger partial charge in [0.25, 0.3) is 0 Å². The minimum atomic E-state index is -0.277. The molecule has 0 atom stereocenters. The van der Waals surface area contributed by atoms with E-state index in [4.69, 9.17) is 10.2 Å². The molecule has 1 saturated carbocycles. The van der Waals surface area contributed by atoms with E-state index in [2.05, 4.69) is 15.3 Å². The number of nitrogens with two attached hydrogens (primary N) is 1. The predicted octanol–water partition coefficient (Wildman–Crippen LogP) is 3.88. The maximum absolute atomic E-state index is 12.9. The fourth-order valence-corrected chi connectivity index (χ4v) is 2.94. The number of benzene rings is 1. The molecule has 1 aromatic heterocycles. The highest BCUT2D eigenvalue weighted by molar-refractivity contribution is 14.0. The van der Waals surface area contributed by atoms with Crippen molar-refractivity contribution in [3.05, 3.63) is 42.0 Å². The number of guanidine groups is 1. The van der Waals surface area contributed by atoms with Gasteiger partial charge in [0.15, 0.2) is 5.96 Å². The van der Waals surface area contributed by atoms with Gasteiger partial charge in [-0.05, 0) is 37.1 Å². The molecule has 7 heteroatoms. The highest BCUT2D eigenvalue weighted by atomic mass is 127. The summed E-state index contributed by atoms with van der Waals surface area (Å²) in [6.07, 6.45) is 8.43. The van der Waals surface area contributed by atoms with E-state index >= 15 is 0 Å². The molecule has 5 nitrogen and oxygen atoms in total. The van der Waals surface area contributed by atoms with E-state index in [1.807, 2.05) is 0 Å². The van der Waals surface area contributed by atoms with Crippen LogP contribution >= 0.6 is 24.0 Å². The normalized spacial score (nSPS) is 15.6. The van der Waals surface area contributed by atoms with E-state index in [-0.39, 0.29) is 29.8 Å². The maximum atomic E-state index is 12.9. The average Bonchev–Trinajstić information content (AvgIpc) is 3.05. The molecule has 0 radical (unpaired) electrons. The standard InChI is InChI=1S/C18H23FN4O.HI/c19-14-8-6-13(7-9-14)17-22-16(12-24-17)10-11-21-18(20)23-15-4-2-1-3-5-15;/h6-9,12,15H,1-5,10-11H2,(H3,20,21,23);1H. The molecule has 0 spiro atoms. The van der Waals surface area contributed by atoms with Gasteiger partial charge in [-0.1, -0.05) is 19.3 Å². The number of nitrogens with one attached hydrogen (secondary N) is 1. The molecular weight excluding hydrogens is 434 g/mol. The second-order valence-corrected chi connectivity index (χ2v) is 6.15. The van der Waals surface area contributed by atoms with Crippen LogP contribution in [0.5, 0.6) is 0 Å². The van der Waals surface area contributed by atoms with Gasteiger partial charge < -0.3 is 15.5 Å². The van der Waals surface area contributed by atoms with Crippen molar-refractivity contribution in [1.29, 1.82) is 0 Å². The lowest BCUT2D eigenvalue weighted by Crippen LogP contribution is -2.41. The number of hydrogen-bond acceptors (Lipinski definition) is 3. The zero-order valence-electron chi connectivity index (χ0n) is 14.1. The fourth-order valence-electron chi connectivity index (χ4n) is 2.94. The molecule has 25 heavy (non-hydrogen) atoms. The Balaban J connectivity index is 0.00000225. The summed E-state index contributed by atoms with van der Waals surface area (Å²) in [5.74, 6) is 0.715. The Kier molecular flexibility index (Phi) is 7.67. The van der Waals surface area contributed by atoms with Crippen molar-refractivity contribution in [2.75, 3.05) is 6.54 Å². The summed E-state index contributed by atoms with van der Waals surface area (Å²) in [5.41, 5.74) is 7.50. The summed E-state index contributed by atoms with van der Waals surface area (Å²) >= 11 is 0. The van der Waals surface area contributed by atoms with Gasteiger partial charge in [-0.2, -0.15) is 0 Å². The van der Waals surface area contributed by atoms with Crippen molar-refractivity contribution in [1.82, 2.24) is 10.3 Å². The van der Waals surface area contributed by atoms with Crippen LogP contribution in [-0.4, -0.2) is 23.5 Å². The topological polar surface area (TPSA) is 76.4 Å². The van der Waals surface area contributed by atoms with Gasteiger partial charge >= 0.3 is 0 Å². The number of oxazole rings is 1. The van der Waals surface area contributed by atoms with Gasteiger partial charge in [0.05, 0.1) is 5.69 Å². The van der Waals surface area contributed by atoms with Gasteiger partial charge in [0.2, 0.25) is 5.89 Å². The molecule has 3 N–H and O–H groups in total. The zero-order valence-corrected chi connectivity index (χ0v) is 16.4. The largest absolute Gasteiger partial charge is 0.444 e. The lowest BCUT2D eigenvalue weighted by molar-refractivity contribution is 0.412. The van der Waals surface area contributed by atoms with E-state index in [1.54, 1.807) is 18.4 Å². The van der Waals surface area contributed by atoms with Crippen LogP contribution in [0, 0.1) is 5.82 Å². The van der Waals surface area contributed by atoms with Crippen LogP contribution < -0.4 is 11.1 Å². The fraction of sp³-hybridized carbons (Fsp3) is 0.444. The van der Waals surface area contributed by atoms with Crippen molar-refractivity contribution in [3.8, 4) is 11.5 Å². The van der Waals surface area contributed by atoms with Gasteiger partial charge in [-0.3, -0.25) is 4.99 Å². The molecular formula is C18H24FIN4O. The number of aliphatic imine (C=N–C) groups is 1. The quantitative estimate of drug-likeness (QED) is 0.405. The summed E-state index contributed by atoms with van der Waals surface area (Å²) in [5, 5.41) is 3.29. The lowest BCUT2D eigenvalue weighted by atomic mass is 9.96. The molecule has 1 aromatic carbocycles. The number of hydrogen-bond donors (Lipinski definition) is 2. The van der Waals surface area contributed by atoms with Crippen molar-refractivity contribution < 1.29 is 8.81 Å². The average molecular weight is 458 g/mol. The maximum Gasteiger partial charge on any atom is 0.226 e. The highest BCUT2D eigenvalue weighted by Gasteiger charge is 2.13. The van der Waals surface area contributed by atoms with Gasteiger partial charge in [0.1, 0.15) is 12.1 Å². The Morgan fingerprint density at radius 1 is 1.24 bits per heavy atom. The first kappa shape index (κ1) is 19.7. The molecule has 1 aliphatic carbocycles. The van der Waals surface area contributed by atoms with Crippen LogP contribution in [0.25, 0.3) is 11.5 Å². The van der Waals surface area contributed by atoms with E-state index in [0.717, 1.165) is 11.3 Å². The van der Waals surface area contributed by atoms with E-state index in [1.165, 1.54) is 44.2 Å². The van der Waals surface area contributed by atoms with Crippen molar-refractivity contribution in [3.63, 3.8) is 0 Å². The van der Waals surface area contributed by atoms with Crippen LogP contribution in [0.2, 0.25) is 0 Å². The summed E-state index contributed by atoms with van der Waals surface area (Å²) < 4.78 is 18.4. The second kappa shape index (κ2) is 9.74. The molecule has 0 saturated heterocycles. The molecule has 2 aromatic rings. The predicted molar refractivity (Wildman–Crippen MR) is 108 cm³/mol. The molecule has 1 aliphatic rings. The number of nitrogens with zero attached hydrogens (tertiary/aromatic N) is 2. The van der Waals surface area contributed by atoms with Crippen LogP contribution in [-0.2, 0) is 6.42 Å². The van der Waals surface area contributed by atoms with E-state index in [9.17, 15) is 4.39 Å². The Morgan fingerprint density at radius 2 is 1.96 bits per heavy atom. The van der Waals surface area contributed by atoms with Gasteiger partial charge in [-0.25, -0.2) is 9.37 Å². The van der Waals surface area contributed by atoms with Crippen LogP contribution in [0.1, 0.15) is 37.8 Å². The molecule has 0 amide bonds. The van der Waals surface area contributed by atoms with Crippen molar-refractivity contribution in [2.24, 2.45) is 10.7 Å². The van der Waals surface area contributed by atoms with Gasteiger partial charge in [-0.15, -0.1) is 24.0 Å². The lowest BCUT2D eigenvalue weighted by Gasteiger charge is -2.23. The molecule has 0 unspecified atom stereocenters. The first-order valence-electron chi connectivity index (χ1n) is 8.47. The van der Waals surface area contributed by atoms with Crippen LogP contribution in [0.4, 0.5) is 4.39 Å². The Hall–Kier alpha value is -1.64. The Morgan fingerprint density at radius 3 is 2.68 bits per heavy atom. The number of halogens is 2. The monoisotopic (exact) mass is 458 g/mol. The number of aromatic nitrogens is 1. The van der Waals surface area contributed by atoms with Gasteiger partial charge in [0, 0.05) is 24.6 Å². The molecule has 0 aliphatic heterocycles. The van der Waals surface area contributed by atoms with E-state index in [0.29, 0.717) is 30.9 Å². The molecule has 3 rings (SSSR count). The third-order valence-corrected chi connectivity index (χ3v) is 4.25. The molecule has 1 fully saturated rings. The van der Waals surface area contributed by atoms with Crippen molar-refractivity contribution in [2.45, 2.75) is 44.6 Å². The Bertz CT molecular complexity index is 681. The summed E-state index contributed by atoms with van der Waals surface area (Å²) in [4.78, 5) is 8.76. The third kappa shape index (κ3) is 5.98. The molecule has 0 bridgehead atoms.